The van der Waals surface area contributed by atoms with Gasteiger partial charge in [0, 0.05) is 38.1 Å². The highest BCUT2D eigenvalue weighted by Gasteiger charge is 2.28. The molecule has 35 heavy (non-hydrogen) atoms. The van der Waals surface area contributed by atoms with Crippen LogP contribution in [-0.2, 0) is 26.1 Å². The number of ether oxygens (including phenoxy) is 1. The summed E-state index contributed by atoms with van der Waals surface area (Å²) in [6.07, 6.45) is 1.77. The van der Waals surface area contributed by atoms with Gasteiger partial charge in [0.25, 0.3) is 0 Å². The monoisotopic (exact) mass is 494 g/mol. The topological polar surface area (TPSA) is 91.8 Å². The molecule has 1 aromatic heterocycles. The molecule has 0 saturated carbocycles. The van der Waals surface area contributed by atoms with Crippen LogP contribution in [0.4, 0.5) is 5.82 Å². The van der Waals surface area contributed by atoms with Gasteiger partial charge in [0.05, 0.1) is 29.5 Å². The number of piperidine rings is 1. The Labute approximate surface area is 205 Å². The lowest BCUT2D eigenvalue weighted by Crippen LogP contribution is -2.43. The van der Waals surface area contributed by atoms with Crippen LogP contribution in [0.3, 0.4) is 0 Å². The van der Waals surface area contributed by atoms with E-state index in [1.165, 1.54) is 4.31 Å². The third-order valence-electron chi connectivity index (χ3n) is 6.68. The molecule has 9 heteroatoms. The third kappa shape index (κ3) is 5.32. The number of pyridine rings is 1. The molecule has 0 bridgehead atoms. The first kappa shape index (κ1) is 23.7. The number of morpholine rings is 1. The Morgan fingerprint density at radius 2 is 1.83 bits per heavy atom. The number of hydrogen-bond acceptors (Lipinski definition) is 6. The molecule has 1 amide bonds. The van der Waals surface area contributed by atoms with Gasteiger partial charge in [-0.1, -0.05) is 30.3 Å². The fourth-order valence-electron chi connectivity index (χ4n) is 4.69. The van der Waals surface area contributed by atoms with Crippen LogP contribution in [0.1, 0.15) is 18.4 Å². The number of hydrogen-bond donors (Lipinski definition) is 1. The number of anilines is 1. The van der Waals surface area contributed by atoms with Crippen LogP contribution in [-0.4, -0.2) is 63.0 Å². The van der Waals surface area contributed by atoms with Crippen LogP contribution in [0.2, 0.25) is 0 Å². The van der Waals surface area contributed by atoms with Crippen molar-refractivity contribution < 1.29 is 17.9 Å². The van der Waals surface area contributed by atoms with E-state index < -0.39 is 10.0 Å². The second-order valence-corrected chi connectivity index (χ2v) is 11.0. The maximum absolute atomic E-state index is 13.0. The van der Waals surface area contributed by atoms with Gasteiger partial charge in [0.2, 0.25) is 15.9 Å². The molecule has 0 spiro atoms. The Hall–Kier alpha value is -3.01. The van der Waals surface area contributed by atoms with Gasteiger partial charge in [0.1, 0.15) is 5.82 Å². The van der Waals surface area contributed by atoms with Crippen molar-refractivity contribution in [2.24, 2.45) is 5.92 Å². The largest absolute Gasteiger partial charge is 0.379 e. The zero-order valence-corrected chi connectivity index (χ0v) is 20.4. The number of rotatable bonds is 6. The number of carbonyl (C=O) groups is 1. The number of aromatic nitrogens is 1. The quantitative estimate of drug-likeness (QED) is 0.567. The van der Waals surface area contributed by atoms with Crippen molar-refractivity contribution >= 4 is 32.7 Å². The minimum absolute atomic E-state index is 0.0669. The third-order valence-corrected chi connectivity index (χ3v) is 8.57. The van der Waals surface area contributed by atoms with Gasteiger partial charge in [-0.25, -0.2) is 13.4 Å². The average molecular weight is 495 g/mol. The maximum atomic E-state index is 13.0. The van der Waals surface area contributed by atoms with E-state index in [1.807, 2.05) is 42.5 Å². The van der Waals surface area contributed by atoms with Crippen molar-refractivity contribution in [1.82, 2.24) is 14.6 Å². The van der Waals surface area contributed by atoms with Crippen molar-refractivity contribution in [3.63, 3.8) is 0 Å². The smallest absolute Gasteiger partial charge is 0.243 e. The van der Waals surface area contributed by atoms with Crippen molar-refractivity contribution in [3.8, 4) is 0 Å². The van der Waals surface area contributed by atoms with Crippen LogP contribution in [0, 0.1) is 5.92 Å². The molecule has 8 nitrogen and oxygen atoms in total. The zero-order valence-electron chi connectivity index (χ0n) is 19.6. The molecular formula is C26H30N4O4S. The Morgan fingerprint density at radius 3 is 2.63 bits per heavy atom. The Kier molecular flexibility index (Phi) is 6.99. The van der Waals surface area contributed by atoms with E-state index in [-0.39, 0.29) is 16.7 Å². The van der Waals surface area contributed by atoms with Crippen LogP contribution < -0.4 is 10.2 Å². The van der Waals surface area contributed by atoms with E-state index in [0.717, 1.165) is 41.7 Å². The molecule has 2 aromatic carbocycles. The van der Waals surface area contributed by atoms with Gasteiger partial charge in [-0.05, 0) is 48.7 Å². The first-order valence-electron chi connectivity index (χ1n) is 12.1. The van der Waals surface area contributed by atoms with Gasteiger partial charge < -0.3 is 15.0 Å². The maximum Gasteiger partial charge on any atom is 0.243 e. The van der Waals surface area contributed by atoms with Crippen molar-refractivity contribution in [2.75, 3.05) is 44.3 Å². The first-order chi connectivity index (χ1) is 17.0. The lowest BCUT2D eigenvalue weighted by atomic mass is 9.97. The number of fused-ring (bicyclic) bond motifs is 1. The molecule has 3 heterocycles. The lowest BCUT2D eigenvalue weighted by Gasteiger charge is -2.33. The second kappa shape index (κ2) is 10.3. The predicted octanol–water partition coefficient (Wildman–Crippen LogP) is 2.79. The standard InChI is InChI=1S/C26H30N4O4S/c31-26(27-18-20-5-2-1-3-6-20)22-7-4-12-29(19-22)25-11-8-21-17-23(9-10-24(21)28-25)35(32,33)30-13-15-34-16-14-30/h1-3,5-6,8-11,17,22H,4,7,12-16,18-19H2,(H,27,31). The van der Waals surface area contributed by atoms with Crippen LogP contribution >= 0.6 is 0 Å². The van der Waals surface area contributed by atoms with Gasteiger partial charge in [-0.2, -0.15) is 4.31 Å². The van der Waals surface area contributed by atoms with E-state index in [4.69, 9.17) is 9.72 Å². The summed E-state index contributed by atoms with van der Waals surface area (Å²) in [7, 11) is -3.56. The Morgan fingerprint density at radius 1 is 1.03 bits per heavy atom. The van der Waals surface area contributed by atoms with Crippen LogP contribution in [0.15, 0.2) is 65.6 Å². The Bertz CT molecular complexity index is 1290. The number of benzene rings is 2. The summed E-state index contributed by atoms with van der Waals surface area (Å²) in [5.41, 5.74) is 1.82. The highest BCUT2D eigenvalue weighted by Crippen LogP contribution is 2.26. The minimum Gasteiger partial charge on any atom is -0.379 e. The number of nitrogens with one attached hydrogen (secondary N) is 1. The first-order valence-corrected chi connectivity index (χ1v) is 13.5. The molecule has 184 valence electrons. The molecule has 0 aliphatic carbocycles. The summed E-state index contributed by atoms with van der Waals surface area (Å²) < 4.78 is 32.7. The molecular weight excluding hydrogens is 464 g/mol. The Balaban J connectivity index is 1.28. The van der Waals surface area contributed by atoms with Crippen molar-refractivity contribution in [2.45, 2.75) is 24.3 Å². The summed E-state index contributed by atoms with van der Waals surface area (Å²) >= 11 is 0. The number of amides is 1. The lowest BCUT2D eigenvalue weighted by molar-refractivity contribution is -0.125. The van der Waals surface area contributed by atoms with E-state index in [0.29, 0.717) is 39.4 Å². The molecule has 1 N–H and O–H groups in total. The summed E-state index contributed by atoms with van der Waals surface area (Å²) in [6, 6.07) is 18.8. The molecule has 2 saturated heterocycles. The summed E-state index contributed by atoms with van der Waals surface area (Å²) in [6.45, 7) is 3.55. The van der Waals surface area contributed by atoms with E-state index in [9.17, 15) is 13.2 Å². The summed E-state index contributed by atoms with van der Waals surface area (Å²) in [4.78, 5) is 20.0. The zero-order chi connectivity index (χ0) is 24.3. The van der Waals surface area contributed by atoms with Crippen LogP contribution in [0.25, 0.3) is 10.9 Å². The van der Waals surface area contributed by atoms with Gasteiger partial charge in [-0.15, -0.1) is 0 Å². The highest BCUT2D eigenvalue weighted by molar-refractivity contribution is 7.89. The fourth-order valence-corrected chi connectivity index (χ4v) is 6.14. The normalized spacial score (nSPS) is 19.5. The number of nitrogens with zero attached hydrogens (tertiary/aromatic N) is 3. The molecule has 5 rings (SSSR count). The molecule has 2 aliphatic heterocycles. The second-order valence-electron chi connectivity index (χ2n) is 9.03. The number of sulfonamides is 1. The SMILES string of the molecule is O=C(NCc1ccccc1)C1CCCN(c2ccc3cc(S(=O)(=O)N4CCOCC4)ccc3n2)C1. The molecule has 1 unspecified atom stereocenters. The molecule has 2 aliphatic rings. The summed E-state index contributed by atoms with van der Waals surface area (Å²) in [5, 5.41) is 3.84. The van der Waals surface area contributed by atoms with Gasteiger partial charge in [-0.3, -0.25) is 4.79 Å². The minimum atomic E-state index is -3.56. The highest BCUT2D eigenvalue weighted by atomic mass is 32.2. The molecule has 0 radical (unpaired) electrons. The summed E-state index contributed by atoms with van der Waals surface area (Å²) in [5.74, 6) is 0.783. The van der Waals surface area contributed by atoms with E-state index >= 15 is 0 Å². The van der Waals surface area contributed by atoms with Gasteiger partial charge in [0.15, 0.2) is 0 Å². The van der Waals surface area contributed by atoms with Gasteiger partial charge >= 0.3 is 0 Å². The predicted molar refractivity (Wildman–Crippen MR) is 135 cm³/mol. The average Bonchev–Trinajstić information content (AvgIpc) is 2.92. The molecule has 3 aromatic rings. The van der Waals surface area contributed by atoms with E-state index in [1.54, 1.807) is 18.2 Å². The molecule has 1 atom stereocenters. The molecule has 2 fully saturated rings. The number of carbonyl (C=O) groups excluding carboxylic acids is 1. The van der Waals surface area contributed by atoms with Crippen molar-refractivity contribution in [1.29, 1.82) is 0 Å². The fraction of sp³-hybridized carbons (Fsp3) is 0.385. The van der Waals surface area contributed by atoms with E-state index in [2.05, 4.69) is 10.2 Å². The van der Waals surface area contributed by atoms with Crippen LogP contribution in [0.5, 0.6) is 0 Å². The van der Waals surface area contributed by atoms with Crippen molar-refractivity contribution in [3.05, 3.63) is 66.2 Å².